The molecule has 6 rings (SSSR count). The third-order valence-electron chi connectivity index (χ3n) is 6.84. The molecule has 0 unspecified atom stereocenters. The van der Waals surface area contributed by atoms with Crippen LogP contribution in [0.25, 0.3) is 16.7 Å². The van der Waals surface area contributed by atoms with Gasteiger partial charge in [0.1, 0.15) is 41.1 Å². The van der Waals surface area contributed by atoms with Crippen LogP contribution in [0.5, 0.6) is 11.5 Å². The second kappa shape index (κ2) is 12.0. The van der Waals surface area contributed by atoms with E-state index in [2.05, 4.69) is 41.3 Å². The fraction of sp³-hybridized carbons (Fsp3) is 0.310. The zero-order chi connectivity index (χ0) is 31.0. The first-order valence-corrected chi connectivity index (χ1v) is 15.0. The van der Waals surface area contributed by atoms with Crippen LogP contribution >= 0.6 is 27.5 Å². The summed E-state index contributed by atoms with van der Waals surface area (Å²) in [5.74, 6) is 2.18. The molecule has 1 amide bonds. The van der Waals surface area contributed by atoms with Gasteiger partial charge in [-0.1, -0.05) is 11.6 Å². The first-order valence-electron chi connectivity index (χ1n) is 13.8. The second-order valence-electron chi connectivity index (χ2n) is 11.1. The van der Waals surface area contributed by atoms with Crippen molar-refractivity contribution in [2.24, 2.45) is 0 Å². The lowest BCUT2D eigenvalue weighted by molar-refractivity contribution is 0.00698. The first kappa shape index (κ1) is 29.8. The molecule has 1 fully saturated rings. The summed E-state index contributed by atoms with van der Waals surface area (Å²) >= 11 is 10.2. The number of halogens is 2. The van der Waals surface area contributed by atoms with E-state index in [0.29, 0.717) is 70.2 Å². The highest BCUT2D eigenvalue weighted by Gasteiger charge is 2.34. The van der Waals surface area contributed by atoms with Crippen molar-refractivity contribution >= 4 is 67.6 Å². The average molecular weight is 683 g/mol. The van der Waals surface area contributed by atoms with Crippen LogP contribution in [0.1, 0.15) is 20.8 Å². The van der Waals surface area contributed by atoms with Gasteiger partial charge in [0.2, 0.25) is 0 Å². The Morgan fingerprint density at radius 1 is 1.14 bits per heavy atom. The zero-order valence-corrected chi connectivity index (χ0v) is 26.4. The number of benzene rings is 1. The van der Waals surface area contributed by atoms with E-state index in [-0.39, 0.29) is 6.61 Å². The van der Waals surface area contributed by atoms with E-state index in [4.69, 9.17) is 26.1 Å². The molecule has 1 saturated heterocycles. The number of aromatic nitrogens is 6. The molecule has 44 heavy (non-hydrogen) atoms. The molecule has 15 heteroatoms. The first-order chi connectivity index (χ1) is 21.1. The highest BCUT2D eigenvalue weighted by Crippen LogP contribution is 2.35. The summed E-state index contributed by atoms with van der Waals surface area (Å²) in [6.45, 7) is 6.45. The summed E-state index contributed by atoms with van der Waals surface area (Å²) in [6, 6.07) is 10.3. The number of fused-ring (bicyclic) bond motifs is 2. The van der Waals surface area contributed by atoms with Crippen molar-refractivity contribution in [1.82, 2.24) is 34.4 Å². The minimum Gasteiger partial charge on any atom is -0.456 e. The molecule has 13 nitrogen and oxygen atoms in total. The summed E-state index contributed by atoms with van der Waals surface area (Å²) in [5, 5.41) is 17.9. The van der Waals surface area contributed by atoms with Gasteiger partial charge in [0.25, 0.3) is 0 Å². The van der Waals surface area contributed by atoms with E-state index in [1.165, 1.54) is 12.7 Å². The smallest absolute Gasteiger partial charge is 0.410 e. The molecular formula is C29H29BrClN9O4. The van der Waals surface area contributed by atoms with Gasteiger partial charge in [-0.2, -0.15) is 5.10 Å². The minimum atomic E-state index is -0.633. The van der Waals surface area contributed by atoms with Crippen LogP contribution in [0.3, 0.4) is 0 Å². The van der Waals surface area contributed by atoms with Gasteiger partial charge in [-0.05, 0) is 67.0 Å². The molecule has 0 saturated carbocycles. The van der Waals surface area contributed by atoms with E-state index < -0.39 is 17.7 Å². The fourth-order valence-electron chi connectivity index (χ4n) is 4.82. The van der Waals surface area contributed by atoms with Crippen LogP contribution in [0.15, 0.2) is 59.7 Å². The highest BCUT2D eigenvalue weighted by atomic mass is 79.9. The number of amides is 1. The third kappa shape index (κ3) is 6.32. The molecule has 5 aromatic rings. The van der Waals surface area contributed by atoms with Gasteiger partial charge in [-0.15, -0.1) is 0 Å². The SMILES string of the molecule is CC(C)(C)OC(=O)N1CCN(c2nc3c(Nc4ccc(Oc5ccn6ncnc6c5)c(Cl)c4)ncnc3cc2Br)C[C@H]1CO. The lowest BCUT2D eigenvalue weighted by Crippen LogP contribution is -2.57. The van der Waals surface area contributed by atoms with Crippen molar-refractivity contribution in [2.45, 2.75) is 32.4 Å². The molecule has 2 N–H and O–H groups in total. The number of piperazine rings is 1. The highest BCUT2D eigenvalue weighted by molar-refractivity contribution is 9.10. The standard InChI is InChI=1S/C29H29BrClN9O4/c1-29(2,3)44-28(42)39-9-8-38(13-18(39)14-41)27-20(30)12-22-25(37-27)26(34-15-32-22)36-17-4-5-23(21(31)10-17)43-19-6-7-40-24(11-19)33-16-35-40/h4-7,10-12,15-16,18,41H,8-9,13-14H2,1-3H3,(H,32,34,36)/t18-/m0/s1. The van der Waals surface area contributed by atoms with E-state index in [1.807, 2.05) is 37.8 Å². The van der Waals surface area contributed by atoms with Gasteiger partial charge in [-0.25, -0.2) is 29.2 Å². The molecule has 1 aromatic carbocycles. The lowest BCUT2D eigenvalue weighted by Gasteiger charge is -2.41. The molecule has 5 heterocycles. The van der Waals surface area contributed by atoms with Crippen LogP contribution in [-0.4, -0.2) is 83.5 Å². The number of rotatable bonds is 6. The maximum Gasteiger partial charge on any atom is 0.410 e. The summed E-state index contributed by atoms with van der Waals surface area (Å²) < 4.78 is 13.9. The summed E-state index contributed by atoms with van der Waals surface area (Å²) in [5.41, 5.74) is 1.86. The number of carbonyl (C=O) groups excluding carboxylic acids is 1. The van der Waals surface area contributed by atoms with E-state index in [1.54, 1.807) is 39.9 Å². The van der Waals surface area contributed by atoms with Gasteiger partial charge in [0, 0.05) is 37.6 Å². The number of nitrogens with one attached hydrogen (secondary N) is 1. The number of carbonyl (C=O) groups is 1. The van der Waals surface area contributed by atoms with Crippen LogP contribution in [-0.2, 0) is 4.74 Å². The number of aliphatic hydroxyl groups is 1. The van der Waals surface area contributed by atoms with Crippen LogP contribution < -0.4 is 15.0 Å². The number of hydrogen-bond acceptors (Lipinski definition) is 11. The van der Waals surface area contributed by atoms with Crippen molar-refractivity contribution in [2.75, 3.05) is 36.5 Å². The van der Waals surface area contributed by atoms with Gasteiger partial charge < -0.3 is 24.8 Å². The third-order valence-corrected chi connectivity index (χ3v) is 7.72. The maximum atomic E-state index is 12.8. The number of anilines is 3. The monoisotopic (exact) mass is 681 g/mol. The van der Waals surface area contributed by atoms with Gasteiger partial charge in [0.05, 0.1) is 27.7 Å². The molecule has 1 aliphatic rings. The Bertz CT molecular complexity index is 1850. The van der Waals surface area contributed by atoms with Crippen molar-refractivity contribution in [1.29, 1.82) is 0 Å². The molecule has 1 atom stereocenters. The number of nitrogens with zero attached hydrogens (tertiary/aromatic N) is 8. The number of aliphatic hydroxyl groups excluding tert-OH is 1. The second-order valence-corrected chi connectivity index (χ2v) is 12.4. The summed E-state index contributed by atoms with van der Waals surface area (Å²) in [7, 11) is 0. The average Bonchev–Trinajstić information content (AvgIpc) is 3.45. The Morgan fingerprint density at radius 3 is 2.75 bits per heavy atom. The molecule has 0 spiro atoms. The van der Waals surface area contributed by atoms with Crippen LogP contribution in [0, 0.1) is 0 Å². The van der Waals surface area contributed by atoms with Crippen molar-refractivity contribution in [3.63, 3.8) is 0 Å². The number of hydrogen-bond donors (Lipinski definition) is 2. The predicted molar refractivity (Wildman–Crippen MR) is 169 cm³/mol. The van der Waals surface area contributed by atoms with Crippen molar-refractivity contribution < 1.29 is 19.4 Å². The molecule has 0 bridgehead atoms. The van der Waals surface area contributed by atoms with Gasteiger partial charge >= 0.3 is 6.09 Å². The molecular weight excluding hydrogens is 654 g/mol. The molecule has 4 aromatic heterocycles. The molecule has 228 valence electrons. The van der Waals surface area contributed by atoms with Gasteiger partial charge in [0.15, 0.2) is 11.5 Å². The number of pyridine rings is 2. The molecule has 0 radical (unpaired) electrons. The molecule has 0 aliphatic carbocycles. The molecule has 1 aliphatic heterocycles. The Morgan fingerprint density at radius 2 is 1.98 bits per heavy atom. The lowest BCUT2D eigenvalue weighted by atomic mass is 10.1. The normalized spacial score (nSPS) is 15.5. The Kier molecular flexibility index (Phi) is 8.14. The van der Waals surface area contributed by atoms with Crippen molar-refractivity contribution in [3.8, 4) is 11.5 Å². The van der Waals surface area contributed by atoms with E-state index in [9.17, 15) is 9.90 Å². The van der Waals surface area contributed by atoms with Crippen LogP contribution in [0.4, 0.5) is 22.1 Å². The quantitative estimate of drug-likeness (QED) is 0.236. The Labute approximate surface area is 265 Å². The van der Waals surface area contributed by atoms with Gasteiger partial charge in [-0.3, -0.25) is 4.90 Å². The topological polar surface area (TPSA) is 143 Å². The predicted octanol–water partition coefficient (Wildman–Crippen LogP) is 5.44. The fourth-order valence-corrected chi connectivity index (χ4v) is 5.59. The summed E-state index contributed by atoms with van der Waals surface area (Å²) in [6.07, 6.45) is 4.23. The van der Waals surface area contributed by atoms with Crippen LogP contribution in [0.2, 0.25) is 5.02 Å². The zero-order valence-electron chi connectivity index (χ0n) is 24.1. The summed E-state index contributed by atoms with van der Waals surface area (Å²) in [4.78, 5) is 34.3. The van der Waals surface area contributed by atoms with E-state index >= 15 is 0 Å². The maximum absolute atomic E-state index is 12.8. The Balaban J connectivity index is 1.22. The van der Waals surface area contributed by atoms with Crippen molar-refractivity contribution in [3.05, 3.63) is 64.7 Å². The van der Waals surface area contributed by atoms with E-state index in [0.717, 1.165) is 4.47 Å². The number of ether oxygens (including phenoxy) is 2. The largest absolute Gasteiger partial charge is 0.456 e. The minimum absolute atomic E-state index is 0.216. The Hall–Kier alpha value is -4.27.